The molecule has 2 aliphatic rings. The van der Waals surface area contributed by atoms with Crippen molar-refractivity contribution in [3.63, 3.8) is 0 Å². The van der Waals surface area contributed by atoms with E-state index in [0.29, 0.717) is 25.6 Å². The van der Waals surface area contributed by atoms with Crippen molar-refractivity contribution in [2.24, 2.45) is 5.92 Å². The van der Waals surface area contributed by atoms with Gasteiger partial charge in [-0.15, -0.1) is 0 Å². The van der Waals surface area contributed by atoms with Crippen LogP contribution < -0.4 is 10.6 Å². The van der Waals surface area contributed by atoms with Crippen molar-refractivity contribution >= 4 is 11.8 Å². The van der Waals surface area contributed by atoms with Crippen LogP contribution in [0.3, 0.4) is 0 Å². The Hall–Kier alpha value is -1.82. The molecule has 0 atom stereocenters. The van der Waals surface area contributed by atoms with Crippen molar-refractivity contribution in [3.05, 3.63) is 24.4 Å². The molecule has 1 aliphatic carbocycles. The van der Waals surface area contributed by atoms with E-state index >= 15 is 0 Å². The Morgan fingerprint density at radius 2 is 2.19 bits per heavy atom. The number of aromatic nitrogens is 1. The van der Waals surface area contributed by atoms with Crippen molar-refractivity contribution < 1.29 is 9.90 Å². The lowest BCUT2D eigenvalue weighted by Gasteiger charge is -2.46. The van der Waals surface area contributed by atoms with Gasteiger partial charge >= 0.3 is 6.03 Å². The molecule has 114 valence electrons. The molecule has 1 aromatic heterocycles. The average Bonchev–Trinajstić information content (AvgIpc) is 3.29. The van der Waals surface area contributed by atoms with Gasteiger partial charge in [-0.05, 0) is 37.3 Å². The van der Waals surface area contributed by atoms with Crippen molar-refractivity contribution in [1.82, 2.24) is 15.2 Å². The summed E-state index contributed by atoms with van der Waals surface area (Å²) in [5.74, 6) is 1.27. The normalized spacial score (nSPS) is 19.8. The molecule has 2 amide bonds. The predicted molar refractivity (Wildman–Crippen MR) is 80.0 cm³/mol. The molecule has 1 saturated carbocycles. The van der Waals surface area contributed by atoms with Gasteiger partial charge in [0.25, 0.3) is 0 Å². The highest BCUT2D eigenvalue weighted by Gasteiger charge is 2.53. The molecule has 3 N–H and O–H groups in total. The van der Waals surface area contributed by atoms with Gasteiger partial charge in [0.05, 0.1) is 13.1 Å². The Balaban J connectivity index is 1.27. The summed E-state index contributed by atoms with van der Waals surface area (Å²) >= 11 is 0. The number of anilines is 1. The third kappa shape index (κ3) is 3.44. The first-order chi connectivity index (χ1) is 10.2. The van der Waals surface area contributed by atoms with E-state index in [4.69, 9.17) is 0 Å². The lowest BCUT2D eigenvalue weighted by Crippen LogP contribution is -2.66. The van der Waals surface area contributed by atoms with E-state index in [0.717, 1.165) is 31.6 Å². The summed E-state index contributed by atoms with van der Waals surface area (Å²) in [5.41, 5.74) is -0.599. The first-order valence-corrected chi connectivity index (χ1v) is 7.57. The molecule has 0 spiro atoms. The first kappa shape index (κ1) is 14.1. The Labute approximate surface area is 124 Å². The molecule has 6 nitrogen and oxygen atoms in total. The van der Waals surface area contributed by atoms with Crippen molar-refractivity contribution in [1.29, 1.82) is 0 Å². The minimum absolute atomic E-state index is 0.0711. The monoisotopic (exact) mass is 290 g/mol. The summed E-state index contributed by atoms with van der Waals surface area (Å²) in [6.07, 6.45) is 4.79. The molecule has 3 rings (SSSR count). The first-order valence-electron chi connectivity index (χ1n) is 7.57. The summed E-state index contributed by atoms with van der Waals surface area (Å²) in [5, 5.41) is 16.2. The zero-order valence-corrected chi connectivity index (χ0v) is 12.1. The molecule has 21 heavy (non-hydrogen) atoms. The number of β-amino-alcohol motifs (C(OH)–C–C–N with tert-alkyl or cyclic N) is 1. The van der Waals surface area contributed by atoms with Crippen LogP contribution in [0.1, 0.15) is 19.3 Å². The number of likely N-dealkylation sites (tertiary alicyclic amines) is 1. The number of hydrogen-bond donors (Lipinski definition) is 3. The fraction of sp³-hybridized carbons (Fsp3) is 0.600. The molecule has 0 unspecified atom stereocenters. The zero-order chi connectivity index (χ0) is 14.7. The highest BCUT2D eigenvalue weighted by atomic mass is 16.3. The number of carbonyl (C=O) groups excluding carboxylic acids is 1. The van der Waals surface area contributed by atoms with E-state index in [1.165, 1.54) is 0 Å². The number of urea groups is 1. The maximum Gasteiger partial charge on any atom is 0.317 e. The number of nitrogens with zero attached hydrogens (tertiary/aromatic N) is 2. The van der Waals surface area contributed by atoms with Crippen LogP contribution in [-0.2, 0) is 0 Å². The number of pyridine rings is 1. The van der Waals surface area contributed by atoms with Crippen LogP contribution in [0, 0.1) is 5.92 Å². The van der Waals surface area contributed by atoms with Crippen LogP contribution in [0.4, 0.5) is 10.6 Å². The highest BCUT2D eigenvalue weighted by Crippen LogP contribution is 2.44. The van der Waals surface area contributed by atoms with E-state index < -0.39 is 5.60 Å². The van der Waals surface area contributed by atoms with Crippen LogP contribution in [0.15, 0.2) is 24.4 Å². The van der Waals surface area contributed by atoms with E-state index in [9.17, 15) is 9.90 Å². The van der Waals surface area contributed by atoms with Crippen LogP contribution in [0.25, 0.3) is 0 Å². The molecule has 2 fully saturated rings. The maximum atomic E-state index is 11.9. The van der Waals surface area contributed by atoms with Crippen LogP contribution in [0.2, 0.25) is 0 Å². The minimum atomic E-state index is -0.599. The fourth-order valence-electron chi connectivity index (χ4n) is 2.72. The predicted octanol–water partition coefficient (Wildman–Crippen LogP) is 1.05. The van der Waals surface area contributed by atoms with Gasteiger partial charge in [0.2, 0.25) is 0 Å². The van der Waals surface area contributed by atoms with E-state index in [-0.39, 0.29) is 6.03 Å². The third-order valence-corrected chi connectivity index (χ3v) is 4.15. The molecule has 1 aliphatic heterocycles. The number of hydrogen-bond acceptors (Lipinski definition) is 4. The van der Waals surface area contributed by atoms with Crippen LogP contribution >= 0.6 is 0 Å². The summed E-state index contributed by atoms with van der Waals surface area (Å²) in [6, 6.07) is 5.65. The second kappa shape index (κ2) is 5.89. The number of nitrogens with one attached hydrogen (secondary N) is 2. The summed E-state index contributed by atoms with van der Waals surface area (Å²) in [6.45, 7) is 2.35. The standard InChI is InChI=1S/C15H22N4O2/c20-14(19-10-15(21,11-19)12-5-6-12)18-9-3-8-17-13-4-1-2-7-16-13/h1-2,4,7,12,21H,3,5-6,8-11H2,(H,16,17)(H,18,20). The van der Waals surface area contributed by atoms with Crippen molar-refractivity contribution in [2.45, 2.75) is 24.9 Å². The maximum absolute atomic E-state index is 11.9. The second-order valence-corrected chi connectivity index (χ2v) is 5.96. The van der Waals surface area contributed by atoms with Gasteiger partial charge in [-0.25, -0.2) is 9.78 Å². The highest BCUT2D eigenvalue weighted by molar-refractivity contribution is 5.75. The van der Waals surface area contributed by atoms with E-state index in [1.807, 2.05) is 18.2 Å². The second-order valence-electron chi connectivity index (χ2n) is 5.96. The van der Waals surface area contributed by atoms with Crippen LogP contribution in [-0.4, -0.2) is 52.8 Å². The number of rotatable bonds is 6. The molecule has 2 heterocycles. The molecule has 0 bridgehead atoms. The smallest absolute Gasteiger partial charge is 0.317 e. The Morgan fingerprint density at radius 1 is 1.38 bits per heavy atom. The lowest BCUT2D eigenvalue weighted by atomic mass is 9.89. The van der Waals surface area contributed by atoms with Crippen molar-refractivity contribution in [2.75, 3.05) is 31.5 Å². The van der Waals surface area contributed by atoms with Gasteiger partial charge in [-0.1, -0.05) is 6.07 Å². The number of amides is 2. The SMILES string of the molecule is O=C(NCCCNc1ccccn1)N1CC(O)(C2CC2)C1. The molecular formula is C15H22N4O2. The van der Waals surface area contributed by atoms with Gasteiger partial charge in [0, 0.05) is 19.3 Å². The molecule has 1 aromatic rings. The molecule has 6 heteroatoms. The molecule has 0 radical (unpaired) electrons. The summed E-state index contributed by atoms with van der Waals surface area (Å²) in [7, 11) is 0. The fourth-order valence-corrected chi connectivity index (χ4v) is 2.72. The minimum Gasteiger partial charge on any atom is -0.386 e. The lowest BCUT2D eigenvalue weighted by molar-refractivity contribution is -0.0917. The van der Waals surface area contributed by atoms with Gasteiger partial charge in [0.1, 0.15) is 11.4 Å². The zero-order valence-electron chi connectivity index (χ0n) is 12.1. The molecule has 0 aromatic carbocycles. The Bertz CT molecular complexity index is 484. The van der Waals surface area contributed by atoms with E-state index in [2.05, 4.69) is 15.6 Å². The molecular weight excluding hydrogens is 268 g/mol. The quantitative estimate of drug-likeness (QED) is 0.684. The average molecular weight is 290 g/mol. The number of aliphatic hydroxyl groups is 1. The summed E-state index contributed by atoms with van der Waals surface area (Å²) < 4.78 is 0. The van der Waals surface area contributed by atoms with E-state index in [1.54, 1.807) is 11.1 Å². The topological polar surface area (TPSA) is 77.5 Å². The summed E-state index contributed by atoms with van der Waals surface area (Å²) in [4.78, 5) is 17.7. The van der Waals surface area contributed by atoms with Gasteiger partial charge in [0.15, 0.2) is 0 Å². The van der Waals surface area contributed by atoms with Crippen LogP contribution in [0.5, 0.6) is 0 Å². The van der Waals surface area contributed by atoms with Crippen molar-refractivity contribution in [3.8, 4) is 0 Å². The van der Waals surface area contributed by atoms with Gasteiger partial charge in [-0.2, -0.15) is 0 Å². The Kier molecular flexibility index (Phi) is 3.96. The number of carbonyl (C=O) groups is 1. The molecule has 1 saturated heterocycles. The third-order valence-electron chi connectivity index (χ3n) is 4.15. The largest absolute Gasteiger partial charge is 0.386 e. The Morgan fingerprint density at radius 3 is 2.86 bits per heavy atom. The van der Waals surface area contributed by atoms with Gasteiger partial charge in [-0.3, -0.25) is 0 Å². The van der Waals surface area contributed by atoms with Gasteiger partial charge < -0.3 is 20.6 Å².